The number of aryl methyl sites for hydroxylation is 1. The van der Waals surface area contributed by atoms with Crippen LogP contribution in [0, 0.1) is 0 Å². The molecule has 4 rings (SSSR count). The molecule has 6 nitrogen and oxygen atoms in total. The maximum absolute atomic E-state index is 12.0. The van der Waals surface area contributed by atoms with Crippen LogP contribution in [0.15, 0.2) is 77.7 Å². The van der Waals surface area contributed by atoms with E-state index in [4.69, 9.17) is 9.47 Å². The number of benzene rings is 2. The second-order valence-corrected chi connectivity index (χ2v) is 5.72. The zero-order valence-corrected chi connectivity index (χ0v) is 14.0. The van der Waals surface area contributed by atoms with Gasteiger partial charge in [-0.15, -0.1) is 0 Å². The van der Waals surface area contributed by atoms with Crippen molar-refractivity contribution in [1.82, 2.24) is 9.78 Å². The molecule has 1 aromatic heterocycles. The van der Waals surface area contributed by atoms with Crippen molar-refractivity contribution in [2.75, 3.05) is 0 Å². The summed E-state index contributed by atoms with van der Waals surface area (Å²) >= 11 is 0. The molecular formula is C20H15N3O3. The van der Waals surface area contributed by atoms with E-state index in [0.717, 1.165) is 11.3 Å². The Hall–Kier alpha value is -3.67. The molecule has 0 spiro atoms. The topological polar surface area (TPSA) is 65.7 Å². The number of para-hydroxylation sites is 1. The first-order valence-electron chi connectivity index (χ1n) is 8.02. The van der Waals surface area contributed by atoms with Gasteiger partial charge >= 0.3 is 5.97 Å². The quantitative estimate of drug-likeness (QED) is 0.536. The highest BCUT2D eigenvalue weighted by molar-refractivity contribution is 6.12. The fraction of sp³-hybridized carbons (Fsp3) is 0.0500. The van der Waals surface area contributed by atoms with Crippen LogP contribution in [0.25, 0.3) is 6.08 Å². The zero-order valence-electron chi connectivity index (χ0n) is 14.0. The highest BCUT2D eigenvalue weighted by Gasteiger charge is 2.24. The van der Waals surface area contributed by atoms with Crippen molar-refractivity contribution in [3.05, 3.63) is 83.8 Å². The Kier molecular flexibility index (Phi) is 4.07. The molecule has 1 aliphatic rings. The number of aliphatic imine (C=N–C) groups is 1. The number of ether oxygens (including phenoxy) is 2. The number of nitrogens with zero attached hydrogens (tertiary/aromatic N) is 3. The SMILES string of the molecule is Cn1cc(/C=C2\N=C(c3ccc(Oc4ccccc4)cc3)OC2=O)cn1. The Morgan fingerprint density at radius 3 is 2.46 bits per heavy atom. The minimum absolute atomic E-state index is 0.248. The highest BCUT2D eigenvalue weighted by Crippen LogP contribution is 2.23. The van der Waals surface area contributed by atoms with Crippen molar-refractivity contribution >= 4 is 17.9 Å². The summed E-state index contributed by atoms with van der Waals surface area (Å²) < 4.78 is 12.7. The Balaban J connectivity index is 1.53. The summed E-state index contributed by atoms with van der Waals surface area (Å²) in [4.78, 5) is 16.3. The summed E-state index contributed by atoms with van der Waals surface area (Å²) in [6.45, 7) is 0. The van der Waals surface area contributed by atoms with Crippen molar-refractivity contribution in [2.24, 2.45) is 12.0 Å². The lowest BCUT2D eigenvalue weighted by Crippen LogP contribution is -2.05. The van der Waals surface area contributed by atoms with E-state index in [1.54, 1.807) is 35.3 Å². The first kappa shape index (κ1) is 15.8. The van der Waals surface area contributed by atoms with Crippen molar-refractivity contribution in [3.63, 3.8) is 0 Å². The number of esters is 1. The van der Waals surface area contributed by atoms with Gasteiger partial charge in [0, 0.05) is 24.4 Å². The molecule has 2 aromatic carbocycles. The number of carbonyl (C=O) groups is 1. The summed E-state index contributed by atoms with van der Waals surface area (Å²) in [5.41, 5.74) is 1.74. The average Bonchev–Trinajstić information content (AvgIpc) is 3.23. The van der Waals surface area contributed by atoms with Crippen LogP contribution >= 0.6 is 0 Å². The molecule has 0 radical (unpaired) electrons. The Bertz CT molecular complexity index is 1000. The fourth-order valence-corrected chi connectivity index (χ4v) is 2.50. The van der Waals surface area contributed by atoms with Gasteiger partial charge in [0.15, 0.2) is 5.70 Å². The molecule has 0 unspecified atom stereocenters. The molecule has 0 amide bonds. The highest BCUT2D eigenvalue weighted by atomic mass is 16.6. The maximum atomic E-state index is 12.0. The van der Waals surface area contributed by atoms with Gasteiger partial charge in [-0.25, -0.2) is 9.79 Å². The molecule has 0 bridgehead atoms. The fourth-order valence-electron chi connectivity index (χ4n) is 2.50. The summed E-state index contributed by atoms with van der Waals surface area (Å²) in [6, 6.07) is 16.7. The molecule has 6 heteroatoms. The van der Waals surface area contributed by atoms with E-state index in [1.807, 2.05) is 49.5 Å². The van der Waals surface area contributed by atoms with E-state index in [1.165, 1.54) is 0 Å². The van der Waals surface area contributed by atoms with Gasteiger partial charge in [0.25, 0.3) is 0 Å². The summed E-state index contributed by atoms with van der Waals surface area (Å²) in [7, 11) is 1.81. The van der Waals surface area contributed by atoms with Crippen LogP contribution < -0.4 is 4.74 Å². The lowest BCUT2D eigenvalue weighted by atomic mass is 10.2. The third-order valence-corrected chi connectivity index (χ3v) is 3.73. The predicted molar refractivity (Wildman–Crippen MR) is 96.8 cm³/mol. The number of rotatable bonds is 4. The molecule has 1 aliphatic heterocycles. The van der Waals surface area contributed by atoms with Crippen LogP contribution in [0.3, 0.4) is 0 Å². The molecule has 128 valence electrons. The number of aromatic nitrogens is 2. The monoisotopic (exact) mass is 345 g/mol. The van der Waals surface area contributed by atoms with Crippen molar-refractivity contribution in [2.45, 2.75) is 0 Å². The van der Waals surface area contributed by atoms with Gasteiger partial charge in [-0.05, 0) is 42.5 Å². The third-order valence-electron chi connectivity index (χ3n) is 3.73. The Labute approximate surface area is 150 Å². The van der Waals surface area contributed by atoms with Crippen molar-refractivity contribution in [3.8, 4) is 11.5 Å². The Morgan fingerprint density at radius 1 is 1.04 bits per heavy atom. The van der Waals surface area contributed by atoms with E-state index < -0.39 is 5.97 Å². The third kappa shape index (κ3) is 3.39. The van der Waals surface area contributed by atoms with Crippen LogP contribution in [0.2, 0.25) is 0 Å². The lowest BCUT2D eigenvalue weighted by molar-refractivity contribution is -0.129. The minimum Gasteiger partial charge on any atom is -0.457 e. The van der Waals surface area contributed by atoms with Crippen molar-refractivity contribution < 1.29 is 14.3 Å². The van der Waals surface area contributed by atoms with Gasteiger partial charge in [-0.2, -0.15) is 5.10 Å². The van der Waals surface area contributed by atoms with Gasteiger partial charge in [0.2, 0.25) is 5.90 Å². The second kappa shape index (κ2) is 6.68. The molecule has 0 aliphatic carbocycles. The van der Waals surface area contributed by atoms with Gasteiger partial charge < -0.3 is 9.47 Å². The van der Waals surface area contributed by atoms with Crippen LogP contribution in [-0.4, -0.2) is 21.6 Å². The molecule has 0 N–H and O–H groups in total. The largest absolute Gasteiger partial charge is 0.457 e. The number of hydrogen-bond donors (Lipinski definition) is 0. The van der Waals surface area contributed by atoms with Crippen molar-refractivity contribution in [1.29, 1.82) is 0 Å². The normalized spacial score (nSPS) is 15.0. The van der Waals surface area contributed by atoms with E-state index in [9.17, 15) is 4.79 Å². The van der Waals surface area contributed by atoms with Gasteiger partial charge in [0.1, 0.15) is 11.5 Å². The Morgan fingerprint density at radius 2 is 1.77 bits per heavy atom. The van der Waals surface area contributed by atoms with Gasteiger partial charge in [0.05, 0.1) is 6.20 Å². The minimum atomic E-state index is -0.478. The zero-order chi connectivity index (χ0) is 17.9. The number of hydrogen-bond acceptors (Lipinski definition) is 5. The summed E-state index contributed by atoms with van der Waals surface area (Å²) in [6.07, 6.45) is 5.10. The van der Waals surface area contributed by atoms with E-state index in [0.29, 0.717) is 11.3 Å². The lowest BCUT2D eigenvalue weighted by Gasteiger charge is -2.06. The molecule has 2 heterocycles. The summed E-state index contributed by atoms with van der Waals surface area (Å²) in [5, 5.41) is 4.06. The van der Waals surface area contributed by atoms with E-state index in [2.05, 4.69) is 10.1 Å². The predicted octanol–water partition coefficient (Wildman–Crippen LogP) is 3.56. The number of carbonyl (C=O) groups excluding carboxylic acids is 1. The smallest absolute Gasteiger partial charge is 0.363 e. The van der Waals surface area contributed by atoms with Crippen LogP contribution in [0.1, 0.15) is 11.1 Å². The van der Waals surface area contributed by atoms with Crippen LogP contribution in [0.5, 0.6) is 11.5 Å². The number of cyclic esters (lactones) is 1. The molecule has 0 saturated heterocycles. The first-order valence-corrected chi connectivity index (χ1v) is 8.02. The molecule has 0 fully saturated rings. The molecule has 26 heavy (non-hydrogen) atoms. The average molecular weight is 345 g/mol. The second-order valence-electron chi connectivity index (χ2n) is 5.72. The molecule has 3 aromatic rings. The van der Waals surface area contributed by atoms with Gasteiger partial charge in [-0.3, -0.25) is 4.68 Å². The first-order chi connectivity index (χ1) is 12.7. The maximum Gasteiger partial charge on any atom is 0.363 e. The summed E-state index contributed by atoms with van der Waals surface area (Å²) in [5.74, 6) is 1.24. The molecule has 0 atom stereocenters. The van der Waals surface area contributed by atoms with Crippen LogP contribution in [0.4, 0.5) is 0 Å². The molecular weight excluding hydrogens is 330 g/mol. The molecule has 0 saturated carbocycles. The van der Waals surface area contributed by atoms with E-state index in [-0.39, 0.29) is 11.6 Å². The van der Waals surface area contributed by atoms with Crippen LogP contribution in [-0.2, 0) is 16.6 Å². The standard InChI is InChI=1S/C20H15N3O3/c1-23-13-14(12-21-23)11-18-20(24)26-19(22-18)15-7-9-17(10-8-15)25-16-5-3-2-4-6-16/h2-13H,1H3/b18-11-. The van der Waals surface area contributed by atoms with Gasteiger partial charge in [-0.1, -0.05) is 18.2 Å². The van der Waals surface area contributed by atoms with E-state index >= 15 is 0 Å².